The van der Waals surface area contributed by atoms with Crippen LogP contribution in [0.2, 0.25) is 0 Å². The van der Waals surface area contributed by atoms with Crippen LogP contribution >= 0.6 is 0 Å². The summed E-state index contributed by atoms with van der Waals surface area (Å²) in [5.41, 5.74) is 4.30. The van der Waals surface area contributed by atoms with Gasteiger partial charge >= 0.3 is 0 Å². The summed E-state index contributed by atoms with van der Waals surface area (Å²) >= 11 is 0. The first-order valence-corrected chi connectivity index (χ1v) is 9.30. The fourth-order valence-electron chi connectivity index (χ4n) is 3.19. The molecular weight excluding hydrogens is 356 g/mol. The standard InChI is InChI=1S/C22H30N2O4/c1-7-24(18-9-15(2)8-16(3)10-18)14-21(25)23-13-17-11-19(26-4)22(28-6)20(12-17)27-5/h8-12H,7,13-14H2,1-6H3,(H,23,25). The maximum atomic E-state index is 12.5. The minimum Gasteiger partial charge on any atom is -0.493 e. The molecule has 0 aliphatic rings. The molecule has 0 unspecified atom stereocenters. The van der Waals surface area contributed by atoms with Gasteiger partial charge in [0.15, 0.2) is 11.5 Å². The van der Waals surface area contributed by atoms with Crippen LogP contribution in [0.25, 0.3) is 0 Å². The van der Waals surface area contributed by atoms with Gasteiger partial charge in [-0.1, -0.05) is 6.07 Å². The lowest BCUT2D eigenvalue weighted by molar-refractivity contribution is -0.119. The van der Waals surface area contributed by atoms with Crippen LogP contribution in [0.1, 0.15) is 23.6 Å². The van der Waals surface area contributed by atoms with Crippen molar-refractivity contribution in [3.8, 4) is 17.2 Å². The molecule has 2 rings (SSSR count). The van der Waals surface area contributed by atoms with Gasteiger partial charge in [-0.05, 0) is 61.7 Å². The molecule has 2 aromatic carbocycles. The van der Waals surface area contributed by atoms with Gasteiger partial charge in [0.2, 0.25) is 11.7 Å². The molecule has 0 atom stereocenters. The van der Waals surface area contributed by atoms with Crippen LogP contribution in [-0.2, 0) is 11.3 Å². The number of rotatable bonds is 9. The molecule has 0 aromatic heterocycles. The van der Waals surface area contributed by atoms with Gasteiger partial charge in [-0.3, -0.25) is 4.79 Å². The first-order valence-electron chi connectivity index (χ1n) is 9.30. The molecule has 0 saturated heterocycles. The number of nitrogens with zero attached hydrogens (tertiary/aromatic N) is 1. The van der Waals surface area contributed by atoms with E-state index in [9.17, 15) is 4.79 Å². The Morgan fingerprint density at radius 1 is 0.929 bits per heavy atom. The van der Waals surface area contributed by atoms with E-state index in [1.165, 1.54) is 11.1 Å². The third-order valence-corrected chi connectivity index (χ3v) is 4.50. The van der Waals surface area contributed by atoms with E-state index in [1.807, 2.05) is 19.1 Å². The van der Waals surface area contributed by atoms with E-state index < -0.39 is 0 Å². The number of nitrogens with one attached hydrogen (secondary N) is 1. The number of amides is 1. The van der Waals surface area contributed by atoms with E-state index in [4.69, 9.17) is 14.2 Å². The lowest BCUT2D eigenvalue weighted by atomic mass is 10.1. The lowest BCUT2D eigenvalue weighted by Gasteiger charge is -2.23. The summed E-state index contributed by atoms with van der Waals surface area (Å²) < 4.78 is 16.1. The third kappa shape index (κ3) is 5.31. The summed E-state index contributed by atoms with van der Waals surface area (Å²) in [6.45, 7) is 7.60. The molecule has 0 spiro atoms. The number of carbonyl (C=O) groups is 1. The van der Waals surface area contributed by atoms with Crippen molar-refractivity contribution in [1.82, 2.24) is 5.32 Å². The Hall–Kier alpha value is -2.89. The highest BCUT2D eigenvalue weighted by Gasteiger charge is 2.15. The Morgan fingerprint density at radius 3 is 1.96 bits per heavy atom. The number of likely N-dealkylation sites (N-methyl/N-ethyl adjacent to an activating group) is 1. The molecule has 0 saturated carbocycles. The molecule has 6 heteroatoms. The van der Waals surface area contributed by atoms with Crippen LogP contribution in [0.15, 0.2) is 30.3 Å². The number of aryl methyl sites for hydroxylation is 2. The quantitative estimate of drug-likeness (QED) is 0.715. The lowest BCUT2D eigenvalue weighted by Crippen LogP contribution is -2.37. The molecule has 28 heavy (non-hydrogen) atoms. The van der Waals surface area contributed by atoms with E-state index in [1.54, 1.807) is 21.3 Å². The zero-order valence-electron chi connectivity index (χ0n) is 17.6. The summed E-state index contributed by atoms with van der Waals surface area (Å²) in [5.74, 6) is 1.62. The van der Waals surface area contributed by atoms with Gasteiger partial charge in [-0.25, -0.2) is 0 Å². The van der Waals surface area contributed by atoms with Crippen molar-refractivity contribution in [2.45, 2.75) is 27.3 Å². The van der Waals surface area contributed by atoms with Crippen molar-refractivity contribution in [1.29, 1.82) is 0 Å². The number of benzene rings is 2. The zero-order valence-corrected chi connectivity index (χ0v) is 17.6. The van der Waals surface area contributed by atoms with E-state index in [-0.39, 0.29) is 5.91 Å². The molecule has 0 bridgehead atoms. The topological polar surface area (TPSA) is 60.0 Å². The summed E-state index contributed by atoms with van der Waals surface area (Å²) in [6, 6.07) is 10.0. The third-order valence-electron chi connectivity index (χ3n) is 4.50. The average Bonchev–Trinajstić information content (AvgIpc) is 2.68. The molecule has 152 valence electrons. The number of methoxy groups -OCH3 is 3. The Morgan fingerprint density at radius 2 is 1.50 bits per heavy atom. The molecule has 0 radical (unpaired) electrons. The monoisotopic (exact) mass is 386 g/mol. The van der Waals surface area contributed by atoms with E-state index in [2.05, 4.69) is 42.3 Å². The van der Waals surface area contributed by atoms with Gasteiger partial charge in [0.25, 0.3) is 0 Å². The van der Waals surface area contributed by atoms with Gasteiger partial charge in [0.1, 0.15) is 0 Å². The normalized spacial score (nSPS) is 10.4. The van der Waals surface area contributed by atoms with Crippen LogP contribution in [0.3, 0.4) is 0 Å². The first-order chi connectivity index (χ1) is 13.4. The second-order valence-corrected chi connectivity index (χ2v) is 6.67. The van der Waals surface area contributed by atoms with Crippen LogP contribution in [-0.4, -0.2) is 40.3 Å². The fourth-order valence-corrected chi connectivity index (χ4v) is 3.19. The predicted molar refractivity (Wildman–Crippen MR) is 112 cm³/mol. The Kier molecular flexibility index (Phi) is 7.55. The minimum absolute atomic E-state index is 0.0465. The van der Waals surface area contributed by atoms with Crippen LogP contribution in [0, 0.1) is 13.8 Å². The highest BCUT2D eigenvalue weighted by atomic mass is 16.5. The molecule has 0 fully saturated rings. The van der Waals surface area contributed by atoms with E-state index >= 15 is 0 Å². The number of ether oxygens (including phenoxy) is 3. The summed E-state index contributed by atoms with van der Waals surface area (Å²) in [4.78, 5) is 14.6. The molecule has 6 nitrogen and oxygen atoms in total. The average molecular weight is 386 g/mol. The van der Waals surface area contributed by atoms with Crippen molar-refractivity contribution in [3.05, 3.63) is 47.0 Å². The summed E-state index contributed by atoms with van der Waals surface area (Å²) in [7, 11) is 4.71. The Bertz CT molecular complexity index is 775. The fraction of sp³-hybridized carbons (Fsp3) is 0.409. The van der Waals surface area contributed by atoms with Gasteiger partial charge in [0.05, 0.1) is 27.9 Å². The number of hydrogen-bond acceptors (Lipinski definition) is 5. The van der Waals surface area contributed by atoms with E-state index in [0.717, 1.165) is 17.8 Å². The highest BCUT2D eigenvalue weighted by Crippen LogP contribution is 2.38. The van der Waals surface area contributed by atoms with Gasteiger partial charge in [-0.15, -0.1) is 0 Å². The second kappa shape index (κ2) is 9.88. The molecule has 0 aliphatic heterocycles. The summed E-state index contributed by atoms with van der Waals surface area (Å²) in [5, 5.41) is 2.97. The highest BCUT2D eigenvalue weighted by molar-refractivity contribution is 5.81. The maximum Gasteiger partial charge on any atom is 0.239 e. The largest absolute Gasteiger partial charge is 0.493 e. The van der Waals surface area contributed by atoms with Crippen molar-refractivity contribution >= 4 is 11.6 Å². The molecule has 1 amide bonds. The molecule has 0 aliphatic carbocycles. The Balaban J connectivity index is 2.07. The number of carbonyl (C=O) groups excluding carboxylic acids is 1. The van der Waals surface area contributed by atoms with Crippen molar-refractivity contribution in [2.75, 3.05) is 39.3 Å². The zero-order chi connectivity index (χ0) is 20.7. The molecular formula is C22H30N2O4. The van der Waals surface area contributed by atoms with Crippen LogP contribution < -0.4 is 24.4 Å². The smallest absolute Gasteiger partial charge is 0.239 e. The van der Waals surface area contributed by atoms with Crippen molar-refractivity contribution in [2.24, 2.45) is 0 Å². The number of anilines is 1. The molecule has 1 N–H and O–H groups in total. The molecule has 2 aromatic rings. The van der Waals surface area contributed by atoms with Crippen molar-refractivity contribution < 1.29 is 19.0 Å². The SMILES string of the molecule is CCN(CC(=O)NCc1cc(OC)c(OC)c(OC)c1)c1cc(C)cc(C)c1. The Labute approximate surface area is 167 Å². The van der Waals surface area contributed by atoms with Gasteiger partial charge in [0, 0.05) is 18.8 Å². The summed E-state index contributed by atoms with van der Waals surface area (Å²) in [6.07, 6.45) is 0. The van der Waals surface area contributed by atoms with Gasteiger partial charge in [-0.2, -0.15) is 0 Å². The minimum atomic E-state index is -0.0465. The van der Waals surface area contributed by atoms with Gasteiger partial charge < -0.3 is 24.4 Å². The van der Waals surface area contributed by atoms with E-state index in [0.29, 0.717) is 30.3 Å². The first kappa shape index (κ1) is 21.4. The maximum absolute atomic E-state index is 12.5. The number of hydrogen-bond donors (Lipinski definition) is 1. The second-order valence-electron chi connectivity index (χ2n) is 6.67. The van der Waals surface area contributed by atoms with Crippen molar-refractivity contribution in [3.63, 3.8) is 0 Å². The van der Waals surface area contributed by atoms with Crippen LogP contribution in [0.4, 0.5) is 5.69 Å². The molecule has 0 heterocycles. The predicted octanol–water partition coefficient (Wildman–Crippen LogP) is 3.47. The van der Waals surface area contributed by atoms with Crippen LogP contribution in [0.5, 0.6) is 17.2 Å².